The molecule has 0 atom stereocenters. The zero-order chi connectivity index (χ0) is 11.7. The molecule has 0 amide bonds. The van der Waals surface area contributed by atoms with E-state index in [1.54, 1.807) is 0 Å². The van der Waals surface area contributed by atoms with Crippen molar-refractivity contribution >= 4 is 5.95 Å². The highest BCUT2D eigenvalue weighted by Gasteiger charge is 2.13. The molecule has 88 valence electrons. The van der Waals surface area contributed by atoms with E-state index in [2.05, 4.69) is 21.0 Å². The van der Waals surface area contributed by atoms with Gasteiger partial charge in [0, 0.05) is 0 Å². The highest BCUT2D eigenvalue weighted by molar-refractivity contribution is 5.44. The van der Waals surface area contributed by atoms with E-state index in [1.807, 2.05) is 18.2 Å². The molecule has 0 saturated carbocycles. The van der Waals surface area contributed by atoms with Crippen LogP contribution in [0.3, 0.4) is 0 Å². The maximum Gasteiger partial charge on any atom is 0.260 e. The second-order valence-corrected chi connectivity index (χ2v) is 3.47. The molecule has 0 bridgehead atoms. The largest absolute Gasteiger partial charge is 0.454 e. The molecule has 8 nitrogen and oxygen atoms in total. The molecule has 0 aliphatic carbocycles. The number of anilines is 1. The lowest BCUT2D eigenvalue weighted by molar-refractivity contribution is 0.174. The smallest absolute Gasteiger partial charge is 0.260 e. The lowest BCUT2D eigenvalue weighted by Gasteiger charge is -2.06. The van der Waals surface area contributed by atoms with Crippen molar-refractivity contribution < 1.29 is 9.47 Å². The lowest BCUT2D eigenvalue weighted by atomic mass is 10.2. The molecular formula is C9H10N6O2. The Labute approximate surface area is 96.3 Å². The molecule has 3 N–H and O–H groups in total. The highest BCUT2D eigenvalue weighted by Crippen LogP contribution is 2.32. The first-order chi connectivity index (χ1) is 8.33. The number of nitrogen functional groups attached to an aromatic ring is 1. The average molecular weight is 234 g/mol. The second-order valence-electron chi connectivity index (χ2n) is 3.47. The number of ether oxygens (including phenoxy) is 2. The van der Waals surface area contributed by atoms with Crippen LogP contribution in [0.2, 0.25) is 0 Å². The number of benzene rings is 1. The standard InChI is InChI=1S/C9H10N6O2/c10-9-12-13-14-15(9)11-4-6-1-2-7-8(3-6)17-5-16-7/h1-3,11H,4-5H2,(H2,10,12,14). The Hall–Kier alpha value is -2.51. The summed E-state index contributed by atoms with van der Waals surface area (Å²) >= 11 is 0. The Morgan fingerprint density at radius 2 is 2.24 bits per heavy atom. The van der Waals surface area contributed by atoms with E-state index in [-0.39, 0.29) is 12.7 Å². The van der Waals surface area contributed by atoms with E-state index < -0.39 is 0 Å². The lowest BCUT2D eigenvalue weighted by Crippen LogP contribution is -2.18. The van der Waals surface area contributed by atoms with Crippen molar-refractivity contribution in [1.82, 2.24) is 20.3 Å². The summed E-state index contributed by atoms with van der Waals surface area (Å²) in [7, 11) is 0. The van der Waals surface area contributed by atoms with Crippen molar-refractivity contribution in [3.8, 4) is 11.5 Å². The van der Waals surface area contributed by atoms with E-state index in [9.17, 15) is 0 Å². The van der Waals surface area contributed by atoms with Gasteiger partial charge in [0.25, 0.3) is 5.95 Å². The molecule has 3 rings (SSSR count). The van der Waals surface area contributed by atoms with Gasteiger partial charge in [0.1, 0.15) is 0 Å². The maximum absolute atomic E-state index is 5.51. The van der Waals surface area contributed by atoms with E-state index in [4.69, 9.17) is 15.2 Å². The van der Waals surface area contributed by atoms with Crippen LogP contribution < -0.4 is 20.6 Å². The third-order valence-electron chi connectivity index (χ3n) is 2.36. The van der Waals surface area contributed by atoms with E-state index >= 15 is 0 Å². The van der Waals surface area contributed by atoms with Gasteiger partial charge in [-0.3, -0.25) is 0 Å². The normalized spacial score (nSPS) is 12.7. The Kier molecular flexibility index (Phi) is 2.18. The Balaban J connectivity index is 1.72. The number of nitrogens with zero attached hydrogens (tertiary/aromatic N) is 4. The number of fused-ring (bicyclic) bond motifs is 1. The molecule has 1 aliphatic rings. The van der Waals surface area contributed by atoms with Gasteiger partial charge in [0.05, 0.1) is 6.54 Å². The molecule has 0 saturated heterocycles. The van der Waals surface area contributed by atoms with Crippen LogP contribution in [0.5, 0.6) is 11.5 Å². The fraction of sp³-hybridized carbons (Fsp3) is 0.222. The van der Waals surface area contributed by atoms with Crippen molar-refractivity contribution in [3.63, 3.8) is 0 Å². The summed E-state index contributed by atoms with van der Waals surface area (Å²) in [5, 5.41) is 10.6. The molecule has 0 spiro atoms. The van der Waals surface area contributed by atoms with E-state index in [0.29, 0.717) is 6.54 Å². The summed E-state index contributed by atoms with van der Waals surface area (Å²) in [6.45, 7) is 0.804. The summed E-state index contributed by atoms with van der Waals surface area (Å²) < 4.78 is 10.5. The molecule has 1 aromatic heterocycles. The van der Waals surface area contributed by atoms with Gasteiger partial charge >= 0.3 is 0 Å². The summed E-state index contributed by atoms with van der Waals surface area (Å²) in [5.41, 5.74) is 9.49. The van der Waals surface area contributed by atoms with Crippen LogP contribution in [0, 0.1) is 0 Å². The predicted molar refractivity (Wildman–Crippen MR) is 57.9 cm³/mol. The zero-order valence-corrected chi connectivity index (χ0v) is 8.83. The number of nitrogens with one attached hydrogen (secondary N) is 1. The quantitative estimate of drug-likeness (QED) is 0.753. The molecular weight excluding hydrogens is 224 g/mol. The van der Waals surface area contributed by atoms with Crippen LogP contribution in [-0.4, -0.2) is 27.1 Å². The first kappa shape index (κ1) is 9.70. The van der Waals surface area contributed by atoms with E-state index in [1.165, 1.54) is 4.79 Å². The first-order valence-corrected chi connectivity index (χ1v) is 4.99. The summed E-state index contributed by atoms with van der Waals surface area (Å²) in [4.78, 5) is 1.31. The SMILES string of the molecule is Nc1nnnn1NCc1ccc2c(c1)OCO2. The minimum Gasteiger partial charge on any atom is -0.454 e. The van der Waals surface area contributed by atoms with Gasteiger partial charge in [-0.2, -0.15) is 0 Å². The second kappa shape index (κ2) is 3.81. The highest BCUT2D eigenvalue weighted by atomic mass is 16.7. The fourth-order valence-electron chi connectivity index (χ4n) is 1.52. The molecule has 8 heteroatoms. The van der Waals surface area contributed by atoms with Crippen molar-refractivity contribution in [1.29, 1.82) is 0 Å². The number of nitrogens with two attached hydrogens (primary N) is 1. The topological polar surface area (TPSA) is 100 Å². The maximum atomic E-state index is 5.51. The molecule has 1 aliphatic heterocycles. The number of hydrogen-bond donors (Lipinski definition) is 2. The number of aromatic nitrogens is 4. The van der Waals surface area contributed by atoms with Gasteiger partial charge in [0.15, 0.2) is 11.5 Å². The number of hydrogen-bond acceptors (Lipinski definition) is 7. The Morgan fingerprint density at radius 3 is 3.06 bits per heavy atom. The summed E-state index contributed by atoms with van der Waals surface area (Å²) in [6.07, 6.45) is 0. The van der Waals surface area contributed by atoms with Gasteiger partial charge in [-0.15, -0.1) is 4.79 Å². The van der Waals surface area contributed by atoms with Crippen LogP contribution >= 0.6 is 0 Å². The first-order valence-electron chi connectivity index (χ1n) is 4.99. The molecule has 2 heterocycles. The van der Waals surface area contributed by atoms with Crippen molar-refractivity contribution in [2.45, 2.75) is 6.54 Å². The predicted octanol–water partition coefficient (Wildman–Crippen LogP) is -0.272. The zero-order valence-electron chi connectivity index (χ0n) is 8.83. The van der Waals surface area contributed by atoms with Crippen molar-refractivity contribution in [2.75, 3.05) is 18.0 Å². The van der Waals surface area contributed by atoms with Crippen LogP contribution in [0.15, 0.2) is 18.2 Å². The Morgan fingerprint density at radius 1 is 1.35 bits per heavy atom. The van der Waals surface area contributed by atoms with Crippen LogP contribution in [-0.2, 0) is 6.54 Å². The summed E-state index contributed by atoms with van der Waals surface area (Å²) in [6, 6.07) is 5.69. The van der Waals surface area contributed by atoms with Crippen LogP contribution in [0.1, 0.15) is 5.56 Å². The van der Waals surface area contributed by atoms with Crippen LogP contribution in [0.25, 0.3) is 0 Å². The van der Waals surface area contributed by atoms with Crippen LogP contribution in [0.4, 0.5) is 5.95 Å². The van der Waals surface area contributed by atoms with Crippen molar-refractivity contribution in [3.05, 3.63) is 23.8 Å². The van der Waals surface area contributed by atoms with Gasteiger partial charge in [-0.1, -0.05) is 11.2 Å². The Bertz CT molecular complexity index is 540. The molecule has 0 unspecified atom stereocenters. The molecule has 0 fully saturated rings. The van der Waals surface area contributed by atoms with Gasteiger partial charge in [-0.05, 0) is 28.1 Å². The van der Waals surface area contributed by atoms with Gasteiger partial charge in [-0.25, -0.2) is 0 Å². The van der Waals surface area contributed by atoms with Crippen molar-refractivity contribution in [2.24, 2.45) is 0 Å². The number of tetrazole rings is 1. The minimum absolute atomic E-state index is 0.214. The average Bonchev–Trinajstić information content (AvgIpc) is 2.94. The molecule has 0 radical (unpaired) electrons. The third-order valence-corrected chi connectivity index (χ3v) is 2.36. The molecule has 1 aromatic carbocycles. The fourth-order valence-corrected chi connectivity index (χ4v) is 1.52. The summed E-state index contributed by atoms with van der Waals surface area (Å²) in [5.74, 6) is 1.72. The monoisotopic (exact) mass is 234 g/mol. The van der Waals surface area contributed by atoms with E-state index in [0.717, 1.165) is 17.1 Å². The van der Waals surface area contributed by atoms with Gasteiger partial charge in [0.2, 0.25) is 6.79 Å². The third kappa shape index (κ3) is 1.80. The van der Waals surface area contributed by atoms with Gasteiger partial charge < -0.3 is 20.6 Å². The number of rotatable bonds is 3. The molecule has 2 aromatic rings. The minimum atomic E-state index is 0.214. The molecule has 17 heavy (non-hydrogen) atoms.